The molecule has 1 rings (SSSR count). The summed E-state index contributed by atoms with van der Waals surface area (Å²) in [6, 6.07) is 1.79. The van der Waals surface area contributed by atoms with Crippen LogP contribution in [0.25, 0.3) is 0 Å². The second kappa shape index (κ2) is 5.02. The average molecular weight is 292 g/mol. The van der Waals surface area contributed by atoms with Crippen molar-refractivity contribution in [1.82, 2.24) is 0 Å². The maximum Gasteiger partial charge on any atom is 0.345 e. The lowest BCUT2D eigenvalue weighted by molar-refractivity contribution is -0.385. The Bertz CT molecular complexity index is 449. The van der Waals surface area contributed by atoms with Crippen molar-refractivity contribution in [2.45, 2.75) is 5.33 Å². The summed E-state index contributed by atoms with van der Waals surface area (Å²) in [5.74, 6) is -1.66. The van der Waals surface area contributed by atoms with Crippen molar-refractivity contribution < 1.29 is 18.8 Å². The second-order valence-electron chi connectivity index (χ2n) is 2.84. The van der Waals surface area contributed by atoms with E-state index < -0.39 is 22.4 Å². The number of rotatable bonds is 3. The first-order chi connectivity index (χ1) is 7.51. The Morgan fingerprint density at radius 3 is 2.69 bits per heavy atom. The fourth-order valence-electron chi connectivity index (χ4n) is 1.24. The second-order valence-corrected chi connectivity index (χ2v) is 3.40. The summed E-state index contributed by atoms with van der Waals surface area (Å²) >= 11 is 2.99. The molecule has 0 saturated heterocycles. The number of hydrogen-bond donors (Lipinski definition) is 0. The molecule has 0 aromatic heterocycles. The van der Waals surface area contributed by atoms with Crippen molar-refractivity contribution in [2.75, 3.05) is 7.11 Å². The zero-order valence-electron chi connectivity index (χ0n) is 8.20. The Morgan fingerprint density at radius 1 is 1.62 bits per heavy atom. The molecular formula is C9H7BrFNO4. The van der Waals surface area contributed by atoms with Gasteiger partial charge in [0.15, 0.2) is 0 Å². The largest absolute Gasteiger partial charge is 0.465 e. The third-order valence-corrected chi connectivity index (χ3v) is 2.49. The topological polar surface area (TPSA) is 69.4 Å². The van der Waals surface area contributed by atoms with E-state index in [9.17, 15) is 19.3 Å². The van der Waals surface area contributed by atoms with Crippen LogP contribution in [-0.2, 0) is 10.1 Å². The predicted octanol–water partition coefficient (Wildman–Crippen LogP) is 2.42. The molecule has 0 saturated carbocycles. The molecule has 86 valence electrons. The molecule has 0 amide bonds. The van der Waals surface area contributed by atoms with Crippen molar-refractivity contribution in [2.24, 2.45) is 0 Å². The molecule has 0 aliphatic carbocycles. The van der Waals surface area contributed by atoms with Gasteiger partial charge in [0.05, 0.1) is 12.0 Å². The third-order valence-electron chi connectivity index (χ3n) is 1.89. The lowest BCUT2D eigenvalue weighted by Gasteiger charge is -2.05. The van der Waals surface area contributed by atoms with E-state index in [0.717, 1.165) is 19.2 Å². The maximum atomic E-state index is 13.1. The number of carbonyl (C=O) groups excluding carboxylic acids is 1. The molecule has 0 spiro atoms. The summed E-state index contributed by atoms with van der Waals surface area (Å²) < 4.78 is 17.5. The SMILES string of the molecule is COC(=O)c1cc(F)cc(CBr)c1[N+](=O)[O-]. The molecular weight excluding hydrogens is 285 g/mol. The highest BCUT2D eigenvalue weighted by atomic mass is 79.9. The number of nitrogens with zero attached hydrogens (tertiary/aromatic N) is 1. The average Bonchev–Trinajstić information content (AvgIpc) is 2.26. The highest BCUT2D eigenvalue weighted by Crippen LogP contribution is 2.27. The lowest BCUT2D eigenvalue weighted by Crippen LogP contribution is -2.08. The van der Waals surface area contributed by atoms with Crippen molar-refractivity contribution in [3.63, 3.8) is 0 Å². The van der Waals surface area contributed by atoms with E-state index in [1.165, 1.54) is 0 Å². The van der Waals surface area contributed by atoms with Crippen LogP contribution >= 0.6 is 15.9 Å². The lowest BCUT2D eigenvalue weighted by atomic mass is 10.1. The standard InChI is InChI=1S/C9H7BrFNO4/c1-16-9(13)7-3-6(11)2-5(4-10)8(7)12(14)15/h2-3H,4H2,1H3. The van der Waals surface area contributed by atoms with Crippen LogP contribution in [0.15, 0.2) is 12.1 Å². The Hall–Kier alpha value is -1.50. The number of ether oxygens (including phenoxy) is 1. The van der Waals surface area contributed by atoms with Crippen LogP contribution in [0.1, 0.15) is 15.9 Å². The van der Waals surface area contributed by atoms with Gasteiger partial charge in [0.1, 0.15) is 11.4 Å². The molecule has 5 nitrogen and oxygen atoms in total. The Morgan fingerprint density at radius 2 is 2.25 bits per heavy atom. The third kappa shape index (κ3) is 2.35. The van der Waals surface area contributed by atoms with E-state index in [0.29, 0.717) is 0 Å². The first-order valence-corrected chi connectivity index (χ1v) is 5.24. The number of halogens is 2. The minimum Gasteiger partial charge on any atom is -0.465 e. The maximum absolute atomic E-state index is 13.1. The molecule has 0 unspecified atom stereocenters. The van der Waals surface area contributed by atoms with Gasteiger partial charge in [-0.25, -0.2) is 9.18 Å². The van der Waals surface area contributed by atoms with Gasteiger partial charge in [-0.3, -0.25) is 10.1 Å². The van der Waals surface area contributed by atoms with Crippen LogP contribution in [0.3, 0.4) is 0 Å². The fourth-order valence-corrected chi connectivity index (χ4v) is 1.67. The van der Waals surface area contributed by atoms with Crippen molar-refractivity contribution in [3.8, 4) is 0 Å². The molecule has 16 heavy (non-hydrogen) atoms. The fraction of sp³-hybridized carbons (Fsp3) is 0.222. The number of nitro benzene ring substituents is 1. The van der Waals surface area contributed by atoms with E-state index in [4.69, 9.17) is 0 Å². The summed E-state index contributed by atoms with van der Waals surface area (Å²) in [4.78, 5) is 21.3. The van der Waals surface area contributed by atoms with Crippen LogP contribution in [-0.4, -0.2) is 18.0 Å². The van der Waals surface area contributed by atoms with E-state index >= 15 is 0 Å². The zero-order valence-corrected chi connectivity index (χ0v) is 9.78. The van der Waals surface area contributed by atoms with Crippen molar-refractivity contribution in [3.05, 3.63) is 39.2 Å². The number of benzene rings is 1. The Balaban J connectivity index is 3.50. The highest BCUT2D eigenvalue weighted by molar-refractivity contribution is 9.08. The quantitative estimate of drug-likeness (QED) is 0.371. The number of alkyl halides is 1. The van der Waals surface area contributed by atoms with Crippen molar-refractivity contribution in [1.29, 1.82) is 0 Å². The minimum atomic E-state index is -0.937. The molecule has 7 heteroatoms. The minimum absolute atomic E-state index is 0.0745. The summed E-state index contributed by atoms with van der Waals surface area (Å²) in [7, 11) is 1.07. The van der Waals surface area contributed by atoms with Gasteiger partial charge in [0, 0.05) is 10.9 Å². The molecule has 0 aliphatic rings. The van der Waals surface area contributed by atoms with Crippen LogP contribution in [0.4, 0.5) is 10.1 Å². The summed E-state index contributed by atoms with van der Waals surface area (Å²) in [6.45, 7) is 0. The van der Waals surface area contributed by atoms with E-state index in [2.05, 4.69) is 20.7 Å². The molecule has 0 atom stereocenters. The number of nitro groups is 1. The molecule has 0 fully saturated rings. The summed E-state index contributed by atoms with van der Waals surface area (Å²) in [6.07, 6.45) is 0. The Kier molecular flexibility index (Phi) is 3.94. The highest BCUT2D eigenvalue weighted by Gasteiger charge is 2.26. The van der Waals surface area contributed by atoms with E-state index in [-0.39, 0.29) is 16.5 Å². The molecule has 0 bridgehead atoms. The van der Waals surface area contributed by atoms with Crippen LogP contribution in [0, 0.1) is 15.9 Å². The van der Waals surface area contributed by atoms with Crippen LogP contribution in [0.2, 0.25) is 0 Å². The number of carbonyl (C=O) groups is 1. The smallest absolute Gasteiger partial charge is 0.345 e. The number of esters is 1. The molecule has 0 heterocycles. The van der Waals surface area contributed by atoms with Gasteiger partial charge >= 0.3 is 5.97 Å². The van der Waals surface area contributed by atoms with Gasteiger partial charge in [-0.2, -0.15) is 0 Å². The zero-order chi connectivity index (χ0) is 12.3. The molecule has 1 aromatic rings. The summed E-state index contributed by atoms with van der Waals surface area (Å²) in [5, 5.41) is 10.9. The molecule has 1 aromatic carbocycles. The normalized spacial score (nSPS) is 9.94. The van der Waals surface area contributed by atoms with E-state index in [1.807, 2.05) is 0 Å². The van der Waals surface area contributed by atoms with Gasteiger partial charge in [-0.05, 0) is 12.1 Å². The predicted molar refractivity (Wildman–Crippen MR) is 57.0 cm³/mol. The molecule has 0 N–H and O–H groups in total. The first kappa shape index (κ1) is 12.6. The van der Waals surface area contributed by atoms with Gasteiger partial charge in [-0.1, -0.05) is 15.9 Å². The number of hydrogen-bond acceptors (Lipinski definition) is 4. The van der Waals surface area contributed by atoms with Gasteiger partial charge in [-0.15, -0.1) is 0 Å². The van der Waals surface area contributed by atoms with Crippen LogP contribution in [0.5, 0.6) is 0 Å². The van der Waals surface area contributed by atoms with Gasteiger partial charge in [0.2, 0.25) is 0 Å². The monoisotopic (exact) mass is 291 g/mol. The van der Waals surface area contributed by atoms with Crippen LogP contribution < -0.4 is 0 Å². The first-order valence-electron chi connectivity index (χ1n) is 4.12. The number of methoxy groups -OCH3 is 1. The van der Waals surface area contributed by atoms with Crippen molar-refractivity contribution >= 4 is 27.6 Å². The Labute approximate surface area is 98.5 Å². The molecule has 0 radical (unpaired) electrons. The van der Waals surface area contributed by atoms with Gasteiger partial charge < -0.3 is 4.74 Å². The summed E-state index contributed by atoms with van der Waals surface area (Å²) in [5.41, 5.74) is -0.738. The molecule has 0 aliphatic heterocycles. The van der Waals surface area contributed by atoms with E-state index in [1.54, 1.807) is 0 Å². The van der Waals surface area contributed by atoms with Gasteiger partial charge in [0.25, 0.3) is 5.69 Å².